The minimum absolute atomic E-state index is 0.00665. The van der Waals surface area contributed by atoms with Crippen molar-refractivity contribution in [3.05, 3.63) is 0 Å². The van der Waals surface area contributed by atoms with Crippen molar-refractivity contribution in [3.8, 4) is 0 Å². The number of hydrogen-bond donors (Lipinski definition) is 1. The molecular formula is C6H14ClN2O+. The monoisotopic (exact) mass is 165 g/mol. The van der Waals surface area contributed by atoms with Gasteiger partial charge in [0, 0.05) is 6.54 Å². The second kappa shape index (κ2) is 5.50. The SMILES string of the molecule is CCN(CC[NH3+])C(=O)CCl. The minimum atomic E-state index is -0.00665. The molecule has 0 aromatic rings. The Hall–Kier alpha value is -0.280. The van der Waals surface area contributed by atoms with E-state index in [0.29, 0.717) is 6.54 Å². The van der Waals surface area contributed by atoms with Crippen LogP contribution in [0.3, 0.4) is 0 Å². The van der Waals surface area contributed by atoms with Crippen molar-refractivity contribution in [2.75, 3.05) is 25.5 Å². The van der Waals surface area contributed by atoms with E-state index in [9.17, 15) is 4.79 Å². The van der Waals surface area contributed by atoms with Gasteiger partial charge in [-0.15, -0.1) is 11.6 Å². The average Bonchev–Trinajstić information content (AvgIpc) is 1.99. The lowest BCUT2D eigenvalue weighted by Crippen LogP contribution is -2.55. The minimum Gasteiger partial charge on any atom is -0.356 e. The highest BCUT2D eigenvalue weighted by Gasteiger charge is 2.08. The number of amides is 1. The number of quaternary nitrogens is 1. The van der Waals surface area contributed by atoms with Crippen LogP contribution in [-0.4, -0.2) is 36.3 Å². The number of hydrogen-bond acceptors (Lipinski definition) is 1. The van der Waals surface area contributed by atoms with Gasteiger partial charge in [0.25, 0.3) is 0 Å². The number of alkyl halides is 1. The zero-order chi connectivity index (χ0) is 7.98. The van der Waals surface area contributed by atoms with Gasteiger partial charge in [-0.3, -0.25) is 4.79 Å². The second-order valence-electron chi connectivity index (χ2n) is 1.96. The van der Waals surface area contributed by atoms with Crippen molar-refractivity contribution >= 4 is 17.5 Å². The van der Waals surface area contributed by atoms with E-state index in [4.69, 9.17) is 11.6 Å². The van der Waals surface area contributed by atoms with Gasteiger partial charge in [-0.25, -0.2) is 0 Å². The number of carbonyl (C=O) groups is 1. The van der Waals surface area contributed by atoms with Crippen molar-refractivity contribution in [2.24, 2.45) is 0 Å². The maximum Gasteiger partial charge on any atom is 0.237 e. The first-order chi connectivity index (χ1) is 4.76. The first-order valence-electron chi connectivity index (χ1n) is 3.39. The van der Waals surface area contributed by atoms with Gasteiger partial charge in [-0.05, 0) is 6.92 Å². The van der Waals surface area contributed by atoms with E-state index < -0.39 is 0 Å². The van der Waals surface area contributed by atoms with Crippen LogP contribution in [0.25, 0.3) is 0 Å². The number of likely N-dealkylation sites (N-methyl/N-ethyl adjacent to an activating group) is 1. The van der Waals surface area contributed by atoms with E-state index in [-0.39, 0.29) is 11.8 Å². The molecule has 1 amide bonds. The van der Waals surface area contributed by atoms with Crippen LogP contribution in [-0.2, 0) is 4.79 Å². The highest BCUT2D eigenvalue weighted by Crippen LogP contribution is 1.89. The molecule has 0 heterocycles. The summed E-state index contributed by atoms with van der Waals surface area (Å²) < 4.78 is 0. The topological polar surface area (TPSA) is 48.0 Å². The summed E-state index contributed by atoms with van der Waals surface area (Å²) >= 11 is 5.35. The summed E-state index contributed by atoms with van der Waals surface area (Å²) in [6.07, 6.45) is 0. The molecule has 0 saturated heterocycles. The Balaban J connectivity index is 3.68. The van der Waals surface area contributed by atoms with Crippen LogP contribution in [0, 0.1) is 0 Å². The van der Waals surface area contributed by atoms with Crippen molar-refractivity contribution in [1.29, 1.82) is 0 Å². The molecule has 0 aliphatic rings. The van der Waals surface area contributed by atoms with E-state index in [2.05, 4.69) is 5.73 Å². The summed E-state index contributed by atoms with van der Waals surface area (Å²) in [5.74, 6) is 0.0706. The third-order valence-electron chi connectivity index (χ3n) is 1.28. The smallest absolute Gasteiger partial charge is 0.237 e. The Morgan fingerprint density at radius 1 is 1.70 bits per heavy atom. The predicted molar refractivity (Wildman–Crippen MR) is 40.7 cm³/mol. The van der Waals surface area contributed by atoms with Gasteiger partial charge in [0.1, 0.15) is 5.88 Å². The van der Waals surface area contributed by atoms with Gasteiger partial charge < -0.3 is 10.6 Å². The predicted octanol–water partition coefficient (Wildman–Crippen LogP) is -0.684. The normalized spacial score (nSPS) is 9.50. The fraction of sp³-hybridized carbons (Fsp3) is 0.833. The van der Waals surface area contributed by atoms with Crippen LogP contribution in [0.4, 0.5) is 0 Å². The molecule has 0 atom stereocenters. The van der Waals surface area contributed by atoms with Crippen molar-refractivity contribution < 1.29 is 10.5 Å². The van der Waals surface area contributed by atoms with Crippen molar-refractivity contribution in [1.82, 2.24) is 4.90 Å². The van der Waals surface area contributed by atoms with E-state index in [1.165, 1.54) is 0 Å². The molecule has 4 heteroatoms. The fourth-order valence-corrected chi connectivity index (χ4v) is 0.904. The van der Waals surface area contributed by atoms with Crippen LogP contribution in [0.5, 0.6) is 0 Å². The molecule has 3 N–H and O–H groups in total. The van der Waals surface area contributed by atoms with Crippen LogP contribution < -0.4 is 5.73 Å². The van der Waals surface area contributed by atoms with Crippen LogP contribution >= 0.6 is 11.6 Å². The van der Waals surface area contributed by atoms with Crippen molar-refractivity contribution in [3.63, 3.8) is 0 Å². The van der Waals surface area contributed by atoms with E-state index in [1.807, 2.05) is 6.92 Å². The zero-order valence-corrected chi connectivity index (χ0v) is 7.02. The lowest BCUT2D eigenvalue weighted by molar-refractivity contribution is -0.368. The van der Waals surface area contributed by atoms with Crippen LogP contribution in [0.2, 0.25) is 0 Å². The molecule has 0 fully saturated rings. The molecule has 0 saturated carbocycles. The Morgan fingerprint density at radius 2 is 2.30 bits per heavy atom. The molecule has 0 spiro atoms. The molecule has 60 valence electrons. The molecule has 0 unspecified atom stereocenters. The van der Waals surface area contributed by atoms with Gasteiger partial charge in [0.2, 0.25) is 5.91 Å². The Bertz CT molecular complexity index is 108. The Morgan fingerprint density at radius 3 is 2.60 bits per heavy atom. The first-order valence-corrected chi connectivity index (χ1v) is 3.92. The summed E-state index contributed by atoms with van der Waals surface area (Å²) in [4.78, 5) is 12.6. The first kappa shape index (κ1) is 9.72. The van der Waals surface area contributed by atoms with Crippen LogP contribution in [0.15, 0.2) is 0 Å². The number of halogens is 1. The largest absolute Gasteiger partial charge is 0.356 e. The molecule has 0 aromatic heterocycles. The second-order valence-corrected chi connectivity index (χ2v) is 2.23. The highest BCUT2D eigenvalue weighted by molar-refractivity contribution is 6.27. The fourth-order valence-electron chi connectivity index (χ4n) is 0.735. The lowest BCUT2D eigenvalue weighted by Gasteiger charge is -2.16. The Labute approximate surface area is 66.1 Å². The van der Waals surface area contributed by atoms with Gasteiger partial charge in [0.15, 0.2) is 0 Å². The third-order valence-corrected chi connectivity index (χ3v) is 1.51. The van der Waals surface area contributed by atoms with E-state index in [0.717, 1.165) is 13.1 Å². The maximum absolute atomic E-state index is 10.9. The molecule has 0 bridgehead atoms. The average molecular weight is 166 g/mol. The molecule has 10 heavy (non-hydrogen) atoms. The summed E-state index contributed by atoms with van der Waals surface area (Å²) in [5.41, 5.74) is 3.65. The summed E-state index contributed by atoms with van der Waals surface area (Å²) in [7, 11) is 0. The number of rotatable bonds is 4. The lowest BCUT2D eigenvalue weighted by atomic mass is 10.4. The number of carbonyl (C=O) groups excluding carboxylic acids is 1. The molecule has 0 aliphatic heterocycles. The van der Waals surface area contributed by atoms with Crippen molar-refractivity contribution in [2.45, 2.75) is 6.92 Å². The third kappa shape index (κ3) is 3.03. The standard InChI is InChI=1S/C6H13ClN2O/c1-2-9(4-3-8)6(10)5-7/h2-5,8H2,1H3/p+1. The van der Waals surface area contributed by atoms with Crippen LogP contribution in [0.1, 0.15) is 6.92 Å². The Kier molecular flexibility index (Phi) is 5.35. The van der Waals surface area contributed by atoms with Gasteiger partial charge in [-0.2, -0.15) is 0 Å². The number of nitrogens with zero attached hydrogens (tertiary/aromatic N) is 1. The molecule has 0 aliphatic carbocycles. The zero-order valence-electron chi connectivity index (χ0n) is 6.27. The summed E-state index contributed by atoms with van der Waals surface area (Å²) in [6.45, 7) is 4.11. The molecule has 0 rings (SSSR count). The highest BCUT2D eigenvalue weighted by atomic mass is 35.5. The molecule has 0 aromatic carbocycles. The molecule has 3 nitrogen and oxygen atoms in total. The summed E-state index contributed by atoms with van der Waals surface area (Å²) in [5, 5.41) is 0. The van der Waals surface area contributed by atoms with E-state index in [1.54, 1.807) is 4.90 Å². The van der Waals surface area contributed by atoms with E-state index >= 15 is 0 Å². The molecule has 0 radical (unpaired) electrons. The quantitative estimate of drug-likeness (QED) is 0.552. The van der Waals surface area contributed by atoms with Gasteiger partial charge in [-0.1, -0.05) is 0 Å². The summed E-state index contributed by atoms with van der Waals surface area (Å²) in [6, 6.07) is 0. The molecular weight excluding hydrogens is 152 g/mol. The van der Waals surface area contributed by atoms with Gasteiger partial charge >= 0.3 is 0 Å². The van der Waals surface area contributed by atoms with Gasteiger partial charge in [0.05, 0.1) is 13.1 Å². The maximum atomic E-state index is 10.9.